The Hall–Kier alpha value is -1.89. The van der Waals surface area contributed by atoms with Crippen molar-refractivity contribution in [2.75, 3.05) is 13.1 Å². The maximum Gasteiger partial charge on any atom is 0.253 e. The monoisotopic (exact) mass is 432 g/mol. The molecule has 154 valence electrons. The van der Waals surface area contributed by atoms with E-state index in [1.54, 1.807) is 0 Å². The summed E-state index contributed by atoms with van der Waals surface area (Å²) in [5.41, 5.74) is 2.57. The second-order valence-electron chi connectivity index (χ2n) is 7.72. The summed E-state index contributed by atoms with van der Waals surface area (Å²) in [7, 11) is -3.62. The third-order valence-electron chi connectivity index (χ3n) is 5.81. The van der Waals surface area contributed by atoms with E-state index in [0.29, 0.717) is 13.1 Å². The molecule has 1 unspecified atom stereocenters. The highest BCUT2D eigenvalue weighted by molar-refractivity contribution is 7.89. The van der Waals surface area contributed by atoms with Crippen molar-refractivity contribution in [1.82, 2.24) is 9.62 Å². The first-order valence-electron chi connectivity index (χ1n) is 10.2. The van der Waals surface area contributed by atoms with Crippen molar-refractivity contribution in [3.05, 3.63) is 64.2 Å². The van der Waals surface area contributed by atoms with E-state index in [2.05, 4.69) is 11.4 Å². The van der Waals surface area contributed by atoms with Crippen LogP contribution >= 0.6 is 11.6 Å². The SMILES string of the molecule is O=C(NC1CCCc2ccccc21)c1cc(S(=O)(=O)N2CCCCC2)ccc1Cl. The third-order valence-corrected chi connectivity index (χ3v) is 8.03. The van der Waals surface area contributed by atoms with E-state index in [4.69, 9.17) is 11.6 Å². The molecular formula is C22H25ClN2O3S. The van der Waals surface area contributed by atoms with Crippen LogP contribution in [0.1, 0.15) is 59.6 Å². The number of nitrogens with one attached hydrogen (secondary N) is 1. The number of hydrogen-bond donors (Lipinski definition) is 1. The van der Waals surface area contributed by atoms with E-state index in [0.717, 1.165) is 44.1 Å². The van der Waals surface area contributed by atoms with E-state index in [9.17, 15) is 13.2 Å². The van der Waals surface area contributed by atoms with Crippen LogP contribution in [0.3, 0.4) is 0 Å². The van der Waals surface area contributed by atoms with Crippen molar-refractivity contribution in [2.45, 2.75) is 49.5 Å². The number of piperidine rings is 1. The summed E-state index contributed by atoms with van der Waals surface area (Å²) < 4.78 is 27.5. The summed E-state index contributed by atoms with van der Waals surface area (Å²) in [6.45, 7) is 1.04. The third kappa shape index (κ3) is 4.20. The van der Waals surface area contributed by atoms with Gasteiger partial charge in [0.25, 0.3) is 5.91 Å². The van der Waals surface area contributed by atoms with Crippen LogP contribution < -0.4 is 5.32 Å². The molecule has 1 heterocycles. The second-order valence-corrected chi connectivity index (χ2v) is 10.1. The van der Waals surface area contributed by atoms with Crippen molar-refractivity contribution in [3.8, 4) is 0 Å². The molecule has 0 radical (unpaired) electrons. The van der Waals surface area contributed by atoms with Crippen LogP contribution in [0.2, 0.25) is 5.02 Å². The molecule has 1 aliphatic heterocycles. The molecule has 4 rings (SSSR count). The first-order chi connectivity index (χ1) is 14.0. The van der Waals surface area contributed by atoms with E-state index in [1.165, 1.54) is 28.1 Å². The number of halogens is 1. The zero-order chi connectivity index (χ0) is 20.4. The minimum Gasteiger partial charge on any atom is -0.345 e. The van der Waals surface area contributed by atoms with Crippen molar-refractivity contribution in [1.29, 1.82) is 0 Å². The van der Waals surface area contributed by atoms with E-state index in [1.807, 2.05) is 18.2 Å². The minimum atomic E-state index is -3.62. The second kappa shape index (κ2) is 8.46. The summed E-state index contributed by atoms with van der Waals surface area (Å²) >= 11 is 6.28. The van der Waals surface area contributed by atoms with Crippen LogP contribution in [0.25, 0.3) is 0 Å². The fourth-order valence-electron chi connectivity index (χ4n) is 4.23. The van der Waals surface area contributed by atoms with Gasteiger partial charge >= 0.3 is 0 Å². The molecule has 2 aromatic carbocycles. The molecule has 1 fully saturated rings. The highest BCUT2D eigenvalue weighted by atomic mass is 35.5. The van der Waals surface area contributed by atoms with Crippen LogP contribution in [0.5, 0.6) is 0 Å². The maximum atomic E-state index is 13.0. The van der Waals surface area contributed by atoms with Gasteiger partial charge in [0.1, 0.15) is 0 Å². The van der Waals surface area contributed by atoms with Gasteiger partial charge in [0.05, 0.1) is 21.5 Å². The summed E-state index contributed by atoms with van der Waals surface area (Å²) in [5.74, 6) is -0.340. The fourth-order valence-corrected chi connectivity index (χ4v) is 5.98. The normalized spacial score (nSPS) is 20.1. The Balaban J connectivity index is 1.59. The molecule has 2 aromatic rings. The molecule has 7 heteroatoms. The molecule has 1 amide bonds. The highest BCUT2D eigenvalue weighted by Crippen LogP contribution is 2.31. The number of fused-ring (bicyclic) bond motifs is 1. The van der Waals surface area contributed by atoms with Gasteiger partial charge in [0, 0.05) is 13.1 Å². The lowest BCUT2D eigenvalue weighted by atomic mass is 9.87. The molecule has 0 aromatic heterocycles. The molecule has 1 atom stereocenters. The van der Waals surface area contributed by atoms with Gasteiger partial charge in [0.2, 0.25) is 10.0 Å². The number of carbonyl (C=O) groups is 1. The molecule has 1 saturated heterocycles. The Morgan fingerprint density at radius 2 is 1.79 bits per heavy atom. The molecule has 0 bridgehead atoms. The van der Waals surface area contributed by atoms with Gasteiger partial charge < -0.3 is 5.32 Å². The number of aryl methyl sites for hydroxylation is 1. The Bertz CT molecular complexity index is 1020. The van der Waals surface area contributed by atoms with E-state index in [-0.39, 0.29) is 27.4 Å². The number of amides is 1. The van der Waals surface area contributed by atoms with Crippen LogP contribution in [-0.2, 0) is 16.4 Å². The van der Waals surface area contributed by atoms with Crippen LogP contribution in [0, 0.1) is 0 Å². The van der Waals surface area contributed by atoms with Gasteiger partial charge in [0.15, 0.2) is 0 Å². The Labute approximate surface area is 177 Å². The number of hydrogen-bond acceptors (Lipinski definition) is 3. The molecule has 1 N–H and O–H groups in total. The minimum absolute atomic E-state index is 0.0918. The van der Waals surface area contributed by atoms with Crippen molar-refractivity contribution >= 4 is 27.5 Å². The first-order valence-corrected chi connectivity index (χ1v) is 12.0. The highest BCUT2D eigenvalue weighted by Gasteiger charge is 2.28. The molecule has 29 heavy (non-hydrogen) atoms. The molecule has 0 saturated carbocycles. The summed E-state index contributed by atoms with van der Waals surface area (Å²) in [6, 6.07) is 12.4. The summed E-state index contributed by atoms with van der Waals surface area (Å²) in [5, 5.41) is 3.31. The predicted octanol–water partition coefficient (Wildman–Crippen LogP) is 4.32. The number of nitrogens with zero attached hydrogens (tertiary/aromatic N) is 1. The van der Waals surface area contributed by atoms with Gasteiger partial charge in [-0.2, -0.15) is 4.31 Å². The zero-order valence-electron chi connectivity index (χ0n) is 16.2. The number of sulfonamides is 1. The predicted molar refractivity (Wildman–Crippen MR) is 114 cm³/mol. The number of rotatable bonds is 4. The fraction of sp³-hybridized carbons (Fsp3) is 0.409. The molecule has 2 aliphatic rings. The summed E-state index contributed by atoms with van der Waals surface area (Å²) in [4.78, 5) is 13.1. The number of benzene rings is 2. The molecular weight excluding hydrogens is 408 g/mol. The zero-order valence-corrected chi connectivity index (χ0v) is 17.8. The standard InChI is InChI=1S/C22H25ClN2O3S/c23-20-12-11-17(29(27,28)25-13-4-1-5-14-25)15-19(20)22(26)24-21-10-6-8-16-7-2-3-9-18(16)21/h2-3,7,9,11-12,15,21H,1,4-6,8,10,13-14H2,(H,24,26). The number of carbonyl (C=O) groups excluding carboxylic acids is 1. The smallest absolute Gasteiger partial charge is 0.253 e. The van der Waals surface area contributed by atoms with Gasteiger partial charge in [-0.15, -0.1) is 0 Å². The first kappa shape index (κ1) is 20.4. The molecule has 0 spiro atoms. The maximum absolute atomic E-state index is 13.0. The Kier molecular flexibility index (Phi) is 5.95. The lowest BCUT2D eigenvalue weighted by Crippen LogP contribution is -2.36. The topological polar surface area (TPSA) is 66.5 Å². The summed E-state index contributed by atoms with van der Waals surface area (Å²) in [6.07, 6.45) is 5.63. The quantitative estimate of drug-likeness (QED) is 0.782. The van der Waals surface area contributed by atoms with Gasteiger partial charge in [-0.05, 0) is 61.4 Å². The van der Waals surface area contributed by atoms with Crippen molar-refractivity contribution in [2.24, 2.45) is 0 Å². The molecule has 1 aliphatic carbocycles. The van der Waals surface area contributed by atoms with Crippen molar-refractivity contribution in [3.63, 3.8) is 0 Å². The van der Waals surface area contributed by atoms with E-state index >= 15 is 0 Å². The van der Waals surface area contributed by atoms with Crippen molar-refractivity contribution < 1.29 is 13.2 Å². The average Bonchev–Trinajstić information content (AvgIpc) is 2.75. The lowest BCUT2D eigenvalue weighted by Gasteiger charge is -2.27. The Morgan fingerprint density at radius 1 is 1.03 bits per heavy atom. The average molecular weight is 433 g/mol. The van der Waals surface area contributed by atoms with Gasteiger partial charge in [-0.25, -0.2) is 8.42 Å². The van der Waals surface area contributed by atoms with Crippen LogP contribution in [-0.4, -0.2) is 31.7 Å². The van der Waals surface area contributed by atoms with Gasteiger partial charge in [-0.1, -0.05) is 42.3 Å². The van der Waals surface area contributed by atoms with Gasteiger partial charge in [-0.3, -0.25) is 4.79 Å². The lowest BCUT2D eigenvalue weighted by molar-refractivity contribution is 0.0932. The Morgan fingerprint density at radius 3 is 2.59 bits per heavy atom. The van der Waals surface area contributed by atoms with Crippen LogP contribution in [0.15, 0.2) is 47.4 Å². The molecule has 5 nitrogen and oxygen atoms in total. The van der Waals surface area contributed by atoms with E-state index < -0.39 is 10.0 Å². The van der Waals surface area contributed by atoms with Crippen LogP contribution in [0.4, 0.5) is 0 Å². The largest absolute Gasteiger partial charge is 0.345 e.